The van der Waals surface area contributed by atoms with E-state index >= 15 is 0 Å². The van der Waals surface area contributed by atoms with Gasteiger partial charge in [0, 0.05) is 28.5 Å². The van der Waals surface area contributed by atoms with E-state index in [-0.39, 0.29) is 22.0 Å². The summed E-state index contributed by atoms with van der Waals surface area (Å²) in [4.78, 5) is 29.3. The lowest BCUT2D eigenvalue weighted by Crippen LogP contribution is -2.36. The second kappa shape index (κ2) is 11.6. The van der Waals surface area contributed by atoms with E-state index in [0.717, 1.165) is 21.2 Å². The van der Waals surface area contributed by atoms with E-state index in [4.69, 9.17) is 16.3 Å². The standard InChI is InChI=1S/C27H21BrClN3O5S2/c28-21-7-3-6-18(12-21)23-16-38-27(30-23)31-25(33)15-37-26(34)19-8-9-22(29)24(13-19)39(35,36)32-11-10-17-4-1-2-5-20(17)14-32/h1-9,12-13,16H,10-11,14-15H2,(H,30,31,33). The number of ether oxygens (including phenoxy) is 1. The average molecular weight is 647 g/mol. The molecule has 1 amide bonds. The topological polar surface area (TPSA) is 106 Å². The van der Waals surface area contributed by atoms with Crippen molar-refractivity contribution in [1.82, 2.24) is 9.29 Å². The molecule has 0 fully saturated rings. The second-order valence-electron chi connectivity index (χ2n) is 8.68. The highest BCUT2D eigenvalue weighted by Gasteiger charge is 2.30. The number of aromatic nitrogens is 1. The van der Waals surface area contributed by atoms with Crippen molar-refractivity contribution in [3.63, 3.8) is 0 Å². The van der Waals surface area contributed by atoms with Crippen LogP contribution in [0.2, 0.25) is 5.02 Å². The fraction of sp³-hybridized carbons (Fsp3) is 0.148. The molecule has 200 valence electrons. The van der Waals surface area contributed by atoms with Gasteiger partial charge in [-0.05, 0) is 47.9 Å². The van der Waals surface area contributed by atoms with Gasteiger partial charge in [-0.25, -0.2) is 18.2 Å². The Bertz CT molecular complexity index is 1680. The van der Waals surface area contributed by atoms with Gasteiger partial charge in [-0.3, -0.25) is 10.1 Å². The lowest BCUT2D eigenvalue weighted by molar-refractivity contribution is -0.119. The third-order valence-electron chi connectivity index (χ3n) is 6.09. The number of carbonyl (C=O) groups is 2. The van der Waals surface area contributed by atoms with E-state index in [2.05, 4.69) is 26.2 Å². The van der Waals surface area contributed by atoms with Crippen LogP contribution >= 0.6 is 38.9 Å². The molecule has 0 unspecified atom stereocenters. The first-order chi connectivity index (χ1) is 18.7. The summed E-state index contributed by atoms with van der Waals surface area (Å²) in [5.41, 5.74) is 3.58. The van der Waals surface area contributed by atoms with E-state index in [1.54, 1.807) is 5.38 Å². The highest BCUT2D eigenvalue weighted by atomic mass is 79.9. The zero-order chi connectivity index (χ0) is 27.6. The minimum absolute atomic E-state index is 0.00632. The Kier molecular flexibility index (Phi) is 8.15. The Morgan fingerprint density at radius 3 is 2.67 bits per heavy atom. The Morgan fingerprint density at radius 1 is 1.08 bits per heavy atom. The molecule has 0 spiro atoms. The summed E-state index contributed by atoms with van der Waals surface area (Å²) in [5, 5.41) is 4.76. The summed E-state index contributed by atoms with van der Waals surface area (Å²) in [6.45, 7) is -0.0630. The maximum atomic E-state index is 13.4. The van der Waals surface area contributed by atoms with Crippen LogP contribution < -0.4 is 5.32 Å². The van der Waals surface area contributed by atoms with Gasteiger partial charge in [-0.1, -0.05) is 63.9 Å². The highest BCUT2D eigenvalue weighted by Crippen LogP contribution is 2.30. The Morgan fingerprint density at radius 2 is 1.87 bits per heavy atom. The molecule has 0 bridgehead atoms. The van der Waals surface area contributed by atoms with Crippen LogP contribution in [0.4, 0.5) is 5.13 Å². The van der Waals surface area contributed by atoms with Gasteiger partial charge in [0.25, 0.3) is 5.91 Å². The van der Waals surface area contributed by atoms with Gasteiger partial charge in [-0.15, -0.1) is 11.3 Å². The number of hydrogen-bond acceptors (Lipinski definition) is 7. The number of rotatable bonds is 7. The number of nitrogens with zero attached hydrogens (tertiary/aromatic N) is 2. The summed E-state index contributed by atoms with van der Waals surface area (Å²) in [5.74, 6) is -1.43. The molecule has 0 saturated heterocycles. The van der Waals surface area contributed by atoms with Gasteiger partial charge < -0.3 is 4.74 Å². The van der Waals surface area contributed by atoms with Crippen molar-refractivity contribution in [1.29, 1.82) is 0 Å². The minimum Gasteiger partial charge on any atom is -0.452 e. The normalized spacial score (nSPS) is 13.5. The molecule has 8 nitrogen and oxygen atoms in total. The molecular formula is C27H21BrClN3O5S2. The van der Waals surface area contributed by atoms with Crippen molar-refractivity contribution in [2.24, 2.45) is 0 Å². The largest absolute Gasteiger partial charge is 0.452 e. The number of esters is 1. The summed E-state index contributed by atoms with van der Waals surface area (Å²) in [6, 6.07) is 19.1. The Labute approximate surface area is 242 Å². The maximum Gasteiger partial charge on any atom is 0.338 e. The number of amides is 1. The quantitative estimate of drug-likeness (QED) is 0.256. The van der Waals surface area contributed by atoms with Crippen molar-refractivity contribution >= 4 is 65.9 Å². The predicted octanol–water partition coefficient (Wildman–Crippen LogP) is 5.77. The number of carbonyl (C=O) groups excluding carboxylic acids is 2. The highest BCUT2D eigenvalue weighted by molar-refractivity contribution is 9.10. The first kappa shape index (κ1) is 27.5. The van der Waals surface area contributed by atoms with Crippen molar-refractivity contribution in [3.05, 3.63) is 98.3 Å². The van der Waals surface area contributed by atoms with Crippen molar-refractivity contribution in [3.8, 4) is 11.3 Å². The van der Waals surface area contributed by atoms with Crippen LogP contribution in [0.1, 0.15) is 21.5 Å². The molecule has 3 aromatic carbocycles. The van der Waals surface area contributed by atoms with Crippen molar-refractivity contribution in [2.75, 3.05) is 18.5 Å². The monoisotopic (exact) mass is 645 g/mol. The molecule has 5 rings (SSSR count). The number of sulfonamides is 1. The molecule has 1 aliphatic rings. The third-order valence-corrected chi connectivity index (χ3v) is 9.66. The van der Waals surface area contributed by atoms with E-state index in [0.29, 0.717) is 23.8 Å². The van der Waals surface area contributed by atoms with Crippen LogP contribution in [0, 0.1) is 0 Å². The van der Waals surface area contributed by atoms with E-state index in [9.17, 15) is 18.0 Å². The van der Waals surface area contributed by atoms with E-state index in [1.165, 1.54) is 33.8 Å². The number of hydrogen-bond donors (Lipinski definition) is 1. The fourth-order valence-corrected chi connectivity index (χ4v) is 7.18. The Hall–Kier alpha value is -3.09. The number of nitrogens with one attached hydrogen (secondary N) is 1. The van der Waals surface area contributed by atoms with Crippen LogP contribution in [0.3, 0.4) is 0 Å². The lowest BCUT2D eigenvalue weighted by Gasteiger charge is -2.28. The van der Waals surface area contributed by atoms with E-state index in [1.807, 2.05) is 48.5 Å². The number of anilines is 1. The van der Waals surface area contributed by atoms with Gasteiger partial charge in [0.15, 0.2) is 11.7 Å². The molecule has 2 heterocycles. The third kappa shape index (κ3) is 6.23. The first-order valence-electron chi connectivity index (χ1n) is 11.8. The summed E-state index contributed by atoms with van der Waals surface area (Å²) >= 11 is 10.9. The van der Waals surface area contributed by atoms with Crippen LogP contribution in [0.5, 0.6) is 0 Å². The van der Waals surface area contributed by atoms with Crippen molar-refractivity contribution < 1.29 is 22.7 Å². The van der Waals surface area contributed by atoms with E-state index < -0.39 is 28.5 Å². The lowest BCUT2D eigenvalue weighted by atomic mass is 10.0. The van der Waals surface area contributed by atoms with Crippen LogP contribution in [0.15, 0.2) is 81.5 Å². The first-order valence-corrected chi connectivity index (χ1v) is 15.2. The number of thiazole rings is 1. The van der Waals surface area contributed by atoms with Gasteiger partial charge >= 0.3 is 5.97 Å². The molecule has 1 aliphatic heterocycles. The molecule has 12 heteroatoms. The van der Waals surface area contributed by atoms with Gasteiger partial charge in [0.1, 0.15) is 4.90 Å². The van der Waals surface area contributed by atoms with Gasteiger partial charge in [-0.2, -0.15) is 4.31 Å². The van der Waals surface area contributed by atoms with Crippen LogP contribution in [0.25, 0.3) is 11.3 Å². The summed E-state index contributed by atoms with van der Waals surface area (Å²) in [7, 11) is -3.98. The zero-order valence-corrected chi connectivity index (χ0v) is 24.2. The zero-order valence-electron chi connectivity index (χ0n) is 20.3. The molecule has 0 aliphatic carbocycles. The maximum absolute atomic E-state index is 13.4. The Balaban J connectivity index is 1.23. The molecular weight excluding hydrogens is 626 g/mol. The molecule has 39 heavy (non-hydrogen) atoms. The van der Waals surface area contributed by atoms with Crippen LogP contribution in [-0.2, 0) is 32.5 Å². The summed E-state index contributed by atoms with van der Waals surface area (Å²) in [6.07, 6.45) is 0.577. The number of halogens is 2. The molecule has 0 atom stereocenters. The average Bonchev–Trinajstić information content (AvgIpc) is 3.40. The minimum atomic E-state index is -3.98. The molecule has 1 N–H and O–H groups in total. The second-order valence-corrected chi connectivity index (χ2v) is 12.8. The van der Waals surface area contributed by atoms with Gasteiger partial charge in [0.2, 0.25) is 10.0 Å². The molecule has 0 radical (unpaired) electrons. The smallest absolute Gasteiger partial charge is 0.338 e. The van der Waals surface area contributed by atoms with Gasteiger partial charge in [0.05, 0.1) is 16.3 Å². The predicted molar refractivity (Wildman–Crippen MR) is 153 cm³/mol. The number of benzene rings is 3. The number of fused-ring (bicyclic) bond motifs is 1. The molecule has 0 saturated carbocycles. The van der Waals surface area contributed by atoms with Crippen molar-refractivity contribution in [2.45, 2.75) is 17.9 Å². The SMILES string of the molecule is O=C(COC(=O)c1ccc(Cl)c(S(=O)(=O)N2CCc3ccccc3C2)c1)Nc1nc(-c2cccc(Br)c2)cs1. The molecule has 4 aromatic rings. The fourth-order valence-electron chi connectivity index (χ4n) is 4.12. The molecule has 1 aromatic heterocycles. The van der Waals surface area contributed by atoms with Crippen LogP contribution in [-0.4, -0.2) is 42.7 Å². The summed E-state index contributed by atoms with van der Waals surface area (Å²) < 4.78 is 34.2.